The molecule has 0 rings (SSSR count). The summed E-state index contributed by atoms with van der Waals surface area (Å²) in [7, 11) is 0. The molecule has 1 atom stereocenters. The monoisotopic (exact) mass is 1130 g/mol. The van der Waals surface area contributed by atoms with Gasteiger partial charge in [0.2, 0.25) is 0 Å². The predicted octanol–water partition coefficient (Wildman–Crippen LogP) is 24.2. The summed E-state index contributed by atoms with van der Waals surface area (Å²) in [4.78, 5) is 38.5. The van der Waals surface area contributed by atoms with Crippen LogP contribution in [0.2, 0.25) is 0 Å². The van der Waals surface area contributed by atoms with Gasteiger partial charge in [-0.2, -0.15) is 0 Å². The molecule has 6 nitrogen and oxygen atoms in total. The maximum atomic E-state index is 13.0. The van der Waals surface area contributed by atoms with E-state index in [1.165, 1.54) is 225 Å². The molecule has 0 aliphatic heterocycles. The van der Waals surface area contributed by atoms with Gasteiger partial charge in [0, 0.05) is 19.3 Å². The molecule has 0 heterocycles. The van der Waals surface area contributed by atoms with E-state index in [-0.39, 0.29) is 31.1 Å². The predicted molar refractivity (Wildman–Crippen MR) is 353 cm³/mol. The molecule has 468 valence electrons. The summed E-state index contributed by atoms with van der Waals surface area (Å²) < 4.78 is 17.0. The lowest BCUT2D eigenvalue weighted by molar-refractivity contribution is -0.167. The van der Waals surface area contributed by atoms with Gasteiger partial charge in [-0.1, -0.05) is 298 Å². The Morgan fingerprint density at radius 3 is 0.691 bits per heavy atom. The van der Waals surface area contributed by atoms with Crippen molar-refractivity contribution < 1.29 is 28.6 Å². The van der Waals surface area contributed by atoms with E-state index in [9.17, 15) is 14.4 Å². The van der Waals surface area contributed by atoms with Gasteiger partial charge in [0.25, 0.3) is 0 Å². The fraction of sp³-hybridized carbons (Fsp3) is 0.773. The molecule has 6 heteroatoms. The molecule has 0 radical (unpaired) electrons. The molecule has 0 N–H and O–H groups in total. The van der Waals surface area contributed by atoms with Crippen LogP contribution in [-0.4, -0.2) is 37.2 Å². The van der Waals surface area contributed by atoms with Gasteiger partial charge in [0.15, 0.2) is 6.10 Å². The maximum Gasteiger partial charge on any atom is 0.306 e. The van der Waals surface area contributed by atoms with Crippen molar-refractivity contribution in [1.29, 1.82) is 0 Å². The van der Waals surface area contributed by atoms with Gasteiger partial charge in [-0.05, 0) is 122 Å². The summed E-state index contributed by atoms with van der Waals surface area (Å²) in [5.74, 6) is -0.887. The molecule has 0 aromatic heterocycles. The zero-order chi connectivity index (χ0) is 58.5. The highest BCUT2D eigenvalue weighted by atomic mass is 16.6. The maximum absolute atomic E-state index is 13.0. The SMILES string of the molecule is CCCCCCC/C=C\C/C=C\C/C=C\CCCCCCCCC(=O)OCC(COC(=O)CCCCCCCCCCC/C=C\C/C=C\CCCCCCC)OC(=O)CCCCCCCCCCC/C=C\C/C=C\CCCCCCC. The van der Waals surface area contributed by atoms with Crippen molar-refractivity contribution in [2.45, 2.75) is 361 Å². The summed E-state index contributed by atoms with van der Waals surface area (Å²) in [5, 5.41) is 0. The van der Waals surface area contributed by atoms with Crippen molar-refractivity contribution >= 4 is 17.9 Å². The van der Waals surface area contributed by atoms with Crippen molar-refractivity contribution in [3.63, 3.8) is 0 Å². The lowest BCUT2D eigenvalue weighted by atomic mass is 10.1. The minimum atomic E-state index is -0.789. The van der Waals surface area contributed by atoms with Crippen LogP contribution in [0.3, 0.4) is 0 Å². The molecular formula is C75H132O6. The number of ether oxygens (including phenoxy) is 3. The normalized spacial score (nSPS) is 12.6. The highest BCUT2D eigenvalue weighted by Crippen LogP contribution is 2.16. The number of esters is 3. The Balaban J connectivity index is 4.41. The Morgan fingerprint density at radius 1 is 0.247 bits per heavy atom. The second kappa shape index (κ2) is 69.1. The van der Waals surface area contributed by atoms with Crippen LogP contribution in [0.4, 0.5) is 0 Å². The van der Waals surface area contributed by atoms with Crippen molar-refractivity contribution in [2.75, 3.05) is 13.2 Å². The second-order valence-corrected chi connectivity index (χ2v) is 23.4. The first-order chi connectivity index (χ1) is 40.0. The van der Waals surface area contributed by atoms with Crippen LogP contribution < -0.4 is 0 Å². The Bertz CT molecular complexity index is 1530. The molecule has 0 aromatic rings. The van der Waals surface area contributed by atoms with E-state index >= 15 is 0 Å². The summed E-state index contributed by atoms with van der Waals surface area (Å²) in [6.07, 6.45) is 91.6. The topological polar surface area (TPSA) is 78.9 Å². The number of carbonyl (C=O) groups excluding carboxylic acids is 3. The van der Waals surface area contributed by atoms with E-state index in [2.05, 4.69) is 106 Å². The molecule has 0 aliphatic carbocycles. The first-order valence-electron chi connectivity index (χ1n) is 35.1. The van der Waals surface area contributed by atoms with Gasteiger partial charge >= 0.3 is 17.9 Å². The van der Waals surface area contributed by atoms with Gasteiger partial charge in [0.05, 0.1) is 0 Å². The quantitative estimate of drug-likeness (QED) is 0.0261. The number of rotatable bonds is 64. The zero-order valence-electron chi connectivity index (χ0n) is 53.8. The van der Waals surface area contributed by atoms with Crippen LogP contribution in [0.1, 0.15) is 355 Å². The highest BCUT2D eigenvalue weighted by Gasteiger charge is 2.19. The molecule has 1 unspecified atom stereocenters. The third-order valence-electron chi connectivity index (χ3n) is 15.3. The van der Waals surface area contributed by atoms with E-state index in [4.69, 9.17) is 14.2 Å². The van der Waals surface area contributed by atoms with Crippen LogP contribution in [0, 0.1) is 0 Å². The average Bonchev–Trinajstić information content (AvgIpc) is 3.47. The van der Waals surface area contributed by atoms with Crippen LogP contribution in [0.5, 0.6) is 0 Å². The third-order valence-corrected chi connectivity index (χ3v) is 15.3. The minimum Gasteiger partial charge on any atom is -0.462 e. The van der Waals surface area contributed by atoms with Crippen molar-refractivity contribution in [2.24, 2.45) is 0 Å². The van der Waals surface area contributed by atoms with Crippen molar-refractivity contribution in [1.82, 2.24) is 0 Å². The van der Waals surface area contributed by atoms with E-state index in [0.29, 0.717) is 19.3 Å². The first-order valence-corrected chi connectivity index (χ1v) is 35.1. The van der Waals surface area contributed by atoms with E-state index in [0.717, 1.165) is 89.9 Å². The summed E-state index contributed by atoms with van der Waals surface area (Å²) in [6.45, 7) is 6.64. The van der Waals surface area contributed by atoms with Gasteiger partial charge in [-0.3, -0.25) is 14.4 Å². The fourth-order valence-corrected chi connectivity index (χ4v) is 10.0. The van der Waals surface area contributed by atoms with Crippen molar-refractivity contribution in [3.05, 3.63) is 85.1 Å². The lowest BCUT2D eigenvalue weighted by Gasteiger charge is -2.18. The molecule has 0 saturated carbocycles. The zero-order valence-corrected chi connectivity index (χ0v) is 53.8. The lowest BCUT2D eigenvalue weighted by Crippen LogP contribution is -2.30. The van der Waals surface area contributed by atoms with Gasteiger partial charge in [0.1, 0.15) is 13.2 Å². The molecule has 0 bridgehead atoms. The van der Waals surface area contributed by atoms with E-state index in [1.54, 1.807) is 0 Å². The van der Waals surface area contributed by atoms with E-state index in [1.807, 2.05) is 0 Å². The Labute approximate surface area is 503 Å². The number of unbranched alkanes of at least 4 members (excludes halogenated alkanes) is 39. The molecule has 0 fully saturated rings. The number of hydrogen-bond acceptors (Lipinski definition) is 6. The first kappa shape index (κ1) is 77.6. The van der Waals surface area contributed by atoms with Crippen LogP contribution in [0.15, 0.2) is 85.1 Å². The van der Waals surface area contributed by atoms with Gasteiger partial charge < -0.3 is 14.2 Å². The number of carbonyl (C=O) groups is 3. The Morgan fingerprint density at radius 2 is 0.444 bits per heavy atom. The van der Waals surface area contributed by atoms with E-state index < -0.39 is 6.10 Å². The van der Waals surface area contributed by atoms with Crippen LogP contribution >= 0.6 is 0 Å². The molecule has 0 amide bonds. The standard InChI is InChI=1S/C75H132O6/c1-4-7-10-13-16-19-22-25-28-31-34-37-40-43-46-49-52-55-58-61-64-67-73(76)79-70-72(81-75(78)69-66-63-60-57-54-51-48-45-42-39-36-33-30-27-24-21-18-15-12-9-6-3)71-80-74(77)68-65-62-59-56-53-50-47-44-41-38-35-32-29-26-23-20-17-14-11-8-5-2/h22-27,31-36,40,43,72H,4-21,28-30,37-39,41-42,44-71H2,1-3H3/b25-22-,26-23-,27-24-,34-31-,35-32-,36-33-,43-40-. The third kappa shape index (κ3) is 67.3. The molecule has 0 aliphatic rings. The number of hydrogen-bond donors (Lipinski definition) is 0. The largest absolute Gasteiger partial charge is 0.462 e. The second-order valence-electron chi connectivity index (χ2n) is 23.4. The minimum absolute atomic E-state index is 0.0836. The molecule has 0 spiro atoms. The average molecular weight is 1130 g/mol. The summed E-state index contributed by atoms with van der Waals surface area (Å²) in [6, 6.07) is 0. The van der Waals surface area contributed by atoms with Crippen molar-refractivity contribution in [3.8, 4) is 0 Å². The summed E-state index contributed by atoms with van der Waals surface area (Å²) in [5.41, 5.74) is 0. The Kier molecular flexibility index (Phi) is 66.2. The fourth-order valence-electron chi connectivity index (χ4n) is 10.0. The molecule has 0 aromatic carbocycles. The Hall–Kier alpha value is -3.41. The van der Waals surface area contributed by atoms with Gasteiger partial charge in [-0.25, -0.2) is 0 Å². The highest BCUT2D eigenvalue weighted by molar-refractivity contribution is 5.71. The molecule has 81 heavy (non-hydrogen) atoms. The summed E-state index contributed by atoms with van der Waals surface area (Å²) >= 11 is 0. The van der Waals surface area contributed by atoms with Gasteiger partial charge in [-0.15, -0.1) is 0 Å². The molecular weight excluding hydrogens is 997 g/mol. The van der Waals surface area contributed by atoms with Crippen LogP contribution in [-0.2, 0) is 28.6 Å². The smallest absolute Gasteiger partial charge is 0.306 e. The van der Waals surface area contributed by atoms with Crippen LogP contribution in [0.25, 0.3) is 0 Å². The molecule has 0 saturated heterocycles. The number of allylic oxidation sites excluding steroid dienone is 14.